The van der Waals surface area contributed by atoms with Crippen LogP contribution in [0.5, 0.6) is 0 Å². The number of pyridine rings is 1. The highest BCUT2D eigenvalue weighted by atomic mass is 19.1. The normalized spacial score (nSPS) is 10.4. The van der Waals surface area contributed by atoms with Gasteiger partial charge in [-0.25, -0.2) is 14.2 Å². The molecule has 1 aromatic carbocycles. The van der Waals surface area contributed by atoms with Gasteiger partial charge in [-0.3, -0.25) is 0 Å². The molecule has 5 heteroatoms. The summed E-state index contributed by atoms with van der Waals surface area (Å²) in [6.45, 7) is 3.52. The lowest BCUT2D eigenvalue weighted by atomic mass is 10.1. The molecule has 0 amide bonds. The van der Waals surface area contributed by atoms with Crippen LogP contribution >= 0.6 is 0 Å². The minimum Gasteiger partial charge on any atom is -0.478 e. The molecule has 1 N–H and O–H groups in total. The minimum absolute atomic E-state index is 0.127. The smallest absolute Gasteiger partial charge is 0.339 e. The lowest BCUT2D eigenvalue weighted by Crippen LogP contribution is -2.17. The number of nitrogens with zero attached hydrogens (tertiary/aromatic N) is 2. The summed E-state index contributed by atoms with van der Waals surface area (Å²) >= 11 is 0. The standard InChI is InChI=1S/C15H15FN2O2/c1-9-7-10(2)17-14(13(9)15(19)20)18(3)12-6-4-5-11(16)8-12/h4-8H,1-3H3,(H,19,20). The predicted octanol–water partition coefficient (Wildman–Crippen LogP) is 3.30. The van der Waals surface area contributed by atoms with Gasteiger partial charge in [0, 0.05) is 18.4 Å². The highest BCUT2D eigenvalue weighted by Crippen LogP contribution is 2.28. The van der Waals surface area contributed by atoms with E-state index in [2.05, 4.69) is 4.98 Å². The monoisotopic (exact) mass is 274 g/mol. The van der Waals surface area contributed by atoms with Gasteiger partial charge in [-0.2, -0.15) is 0 Å². The van der Waals surface area contributed by atoms with Crippen LogP contribution in [0.2, 0.25) is 0 Å². The van der Waals surface area contributed by atoms with Gasteiger partial charge in [0.2, 0.25) is 0 Å². The number of benzene rings is 1. The molecule has 20 heavy (non-hydrogen) atoms. The Hall–Kier alpha value is -2.43. The number of anilines is 2. The topological polar surface area (TPSA) is 53.4 Å². The summed E-state index contributed by atoms with van der Waals surface area (Å²) in [4.78, 5) is 17.3. The van der Waals surface area contributed by atoms with Gasteiger partial charge in [0.15, 0.2) is 0 Å². The van der Waals surface area contributed by atoms with Crippen molar-refractivity contribution in [3.8, 4) is 0 Å². The number of aromatic nitrogens is 1. The van der Waals surface area contributed by atoms with Gasteiger partial charge >= 0.3 is 5.97 Å². The Morgan fingerprint density at radius 3 is 2.60 bits per heavy atom. The summed E-state index contributed by atoms with van der Waals surface area (Å²) in [5.41, 5.74) is 2.02. The Morgan fingerprint density at radius 2 is 2.00 bits per heavy atom. The van der Waals surface area contributed by atoms with Crippen LogP contribution in [0, 0.1) is 19.7 Å². The van der Waals surface area contributed by atoms with E-state index >= 15 is 0 Å². The maximum atomic E-state index is 13.3. The van der Waals surface area contributed by atoms with E-state index in [9.17, 15) is 14.3 Å². The zero-order chi connectivity index (χ0) is 14.9. The van der Waals surface area contributed by atoms with Crippen molar-refractivity contribution in [1.82, 2.24) is 4.98 Å². The summed E-state index contributed by atoms with van der Waals surface area (Å²) < 4.78 is 13.3. The lowest BCUT2D eigenvalue weighted by molar-refractivity contribution is 0.0696. The first-order chi connectivity index (χ1) is 9.40. The van der Waals surface area contributed by atoms with Crippen LogP contribution in [0.15, 0.2) is 30.3 Å². The van der Waals surface area contributed by atoms with Gasteiger partial charge < -0.3 is 10.0 Å². The zero-order valence-electron chi connectivity index (χ0n) is 11.5. The quantitative estimate of drug-likeness (QED) is 0.933. The van der Waals surface area contributed by atoms with E-state index in [0.29, 0.717) is 22.8 Å². The third-order valence-electron chi connectivity index (χ3n) is 3.05. The number of aromatic carboxylic acids is 1. The van der Waals surface area contributed by atoms with Gasteiger partial charge in [-0.15, -0.1) is 0 Å². The first kappa shape index (κ1) is 14.0. The molecule has 0 aliphatic carbocycles. The highest BCUT2D eigenvalue weighted by Gasteiger charge is 2.19. The van der Waals surface area contributed by atoms with Crippen molar-refractivity contribution in [2.45, 2.75) is 13.8 Å². The van der Waals surface area contributed by atoms with Crippen LogP contribution < -0.4 is 4.90 Å². The number of halogens is 1. The molecule has 4 nitrogen and oxygen atoms in total. The van der Waals surface area contributed by atoms with Crippen LogP contribution in [0.3, 0.4) is 0 Å². The van der Waals surface area contributed by atoms with Crippen molar-refractivity contribution in [3.05, 3.63) is 53.0 Å². The number of hydrogen-bond acceptors (Lipinski definition) is 3. The Balaban J connectivity index is 2.59. The van der Waals surface area contributed by atoms with E-state index in [1.165, 1.54) is 12.1 Å². The number of carboxylic acid groups (broad SMARTS) is 1. The second-order valence-corrected chi connectivity index (χ2v) is 4.62. The molecular weight excluding hydrogens is 259 g/mol. The van der Waals surface area contributed by atoms with E-state index in [-0.39, 0.29) is 11.4 Å². The SMILES string of the molecule is Cc1cc(C)c(C(=O)O)c(N(C)c2cccc(F)c2)n1. The number of carbonyl (C=O) groups is 1. The molecule has 0 spiro atoms. The predicted molar refractivity (Wildman–Crippen MR) is 75.1 cm³/mol. The van der Waals surface area contributed by atoms with Crippen molar-refractivity contribution in [3.63, 3.8) is 0 Å². The molecular formula is C15H15FN2O2. The Morgan fingerprint density at radius 1 is 1.30 bits per heavy atom. The molecule has 0 atom stereocenters. The Bertz CT molecular complexity index is 671. The summed E-state index contributed by atoms with van der Waals surface area (Å²) in [7, 11) is 1.67. The second kappa shape index (κ2) is 5.28. The van der Waals surface area contributed by atoms with Crippen molar-refractivity contribution in [1.29, 1.82) is 0 Å². The third kappa shape index (κ3) is 2.61. The van der Waals surface area contributed by atoms with E-state index in [4.69, 9.17) is 0 Å². The van der Waals surface area contributed by atoms with Gasteiger partial charge in [0.25, 0.3) is 0 Å². The molecule has 2 aromatic rings. The first-order valence-corrected chi connectivity index (χ1v) is 6.11. The van der Waals surface area contributed by atoms with Crippen LogP contribution in [0.25, 0.3) is 0 Å². The van der Waals surface area contributed by atoms with E-state index in [1.807, 2.05) is 0 Å². The molecule has 2 rings (SSSR count). The number of aryl methyl sites for hydroxylation is 2. The van der Waals surface area contributed by atoms with Gasteiger partial charge in [0.1, 0.15) is 17.2 Å². The molecule has 1 aromatic heterocycles. The fraction of sp³-hybridized carbons (Fsp3) is 0.200. The molecule has 104 valence electrons. The van der Waals surface area contributed by atoms with Gasteiger partial charge in [-0.05, 0) is 43.7 Å². The van der Waals surface area contributed by atoms with Gasteiger partial charge in [-0.1, -0.05) is 6.07 Å². The molecule has 0 aliphatic rings. The summed E-state index contributed by atoms with van der Waals surface area (Å²) in [5.74, 6) is -1.12. The number of rotatable bonds is 3. The largest absolute Gasteiger partial charge is 0.478 e. The van der Waals surface area contributed by atoms with Crippen LogP contribution in [0.1, 0.15) is 21.6 Å². The van der Waals surface area contributed by atoms with Crippen LogP contribution in [0.4, 0.5) is 15.9 Å². The molecule has 0 aliphatic heterocycles. The zero-order valence-corrected chi connectivity index (χ0v) is 11.5. The fourth-order valence-corrected chi connectivity index (χ4v) is 2.13. The Labute approximate surface area is 116 Å². The molecule has 1 heterocycles. The lowest BCUT2D eigenvalue weighted by Gasteiger charge is -2.21. The fourth-order valence-electron chi connectivity index (χ4n) is 2.13. The average Bonchev–Trinajstić information content (AvgIpc) is 2.36. The maximum absolute atomic E-state index is 13.3. The van der Waals surface area contributed by atoms with Crippen LogP contribution in [-0.4, -0.2) is 23.1 Å². The van der Waals surface area contributed by atoms with E-state index in [1.54, 1.807) is 44.0 Å². The minimum atomic E-state index is -1.05. The summed E-state index contributed by atoms with van der Waals surface area (Å²) in [6, 6.07) is 7.67. The molecule has 0 saturated heterocycles. The molecule has 0 unspecified atom stereocenters. The van der Waals surface area contributed by atoms with Crippen molar-refractivity contribution < 1.29 is 14.3 Å². The summed E-state index contributed by atoms with van der Waals surface area (Å²) in [6.07, 6.45) is 0. The number of carboxylic acids is 1. The molecule has 0 fully saturated rings. The van der Waals surface area contributed by atoms with Crippen LogP contribution in [-0.2, 0) is 0 Å². The van der Waals surface area contributed by atoms with Crippen molar-refractivity contribution in [2.24, 2.45) is 0 Å². The molecule has 0 bridgehead atoms. The second-order valence-electron chi connectivity index (χ2n) is 4.62. The highest BCUT2D eigenvalue weighted by molar-refractivity contribution is 5.96. The average molecular weight is 274 g/mol. The van der Waals surface area contributed by atoms with Gasteiger partial charge in [0.05, 0.1) is 0 Å². The Kier molecular flexibility index (Phi) is 3.70. The summed E-state index contributed by atoms with van der Waals surface area (Å²) in [5, 5.41) is 9.35. The van der Waals surface area contributed by atoms with E-state index < -0.39 is 5.97 Å². The first-order valence-electron chi connectivity index (χ1n) is 6.11. The van der Waals surface area contributed by atoms with Crippen molar-refractivity contribution in [2.75, 3.05) is 11.9 Å². The molecule has 0 saturated carbocycles. The van der Waals surface area contributed by atoms with E-state index in [0.717, 1.165) is 0 Å². The third-order valence-corrected chi connectivity index (χ3v) is 3.05. The van der Waals surface area contributed by atoms with Crippen molar-refractivity contribution >= 4 is 17.5 Å². The maximum Gasteiger partial charge on any atom is 0.339 e. The number of hydrogen-bond donors (Lipinski definition) is 1. The molecule has 0 radical (unpaired) electrons.